The van der Waals surface area contributed by atoms with Gasteiger partial charge in [0.2, 0.25) is 0 Å². The zero-order chi connectivity index (χ0) is 22.8. The summed E-state index contributed by atoms with van der Waals surface area (Å²) in [5.41, 5.74) is 4.02. The number of hydrazine groups is 1. The first-order valence-corrected chi connectivity index (χ1v) is 11.4. The standard InChI is InChI=1S/C24H36N4O3/c1-15(2)18-6-8-19(9-7-18)21(16(3)4)25-14-20(29)27-28-22(30)24(26-23(28)31)12-10-17(5)11-13-24/h6-9,15-17,21,25H,10-14H2,1-5H3,(H,26,31)(H,27,29)/t17?,21-,24?/m0/s1. The number of hydrogen-bond donors (Lipinski definition) is 3. The highest BCUT2D eigenvalue weighted by atomic mass is 16.2. The normalized spacial score (nSPS) is 24.7. The zero-order valence-corrected chi connectivity index (χ0v) is 19.3. The minimum atomic E-state index is -0.858. The maximum atomic E-state index is 12.9. The Morgan fingerprint density at radius 1 is 1.10 bits per heavy atom. The summed E-state index contributed by atoms with van der Waals surface area (Å²) in [6, 6.07) is 7.87. The first-order valence-electron chi connectivity index (χ1n) is 11.4. The van der Waals surface area contributed by atoms with Gasteiger partial charge in [-0.25, -0.2) is 4.79 Å². The van der Waals surface area contributed by atoms with Gasteiger partial charge < -0.3 is 10.6 Å². The quantitative estimate of drug-likeness (QED) is 0.579. The van der Waals surface area contributed by atoms with Crippen molar-refractivity contribution in [3.63, 3.8) is 0 Å². The molecule has 3 rings (SSSR count). The van der Waals surface area contributed by atoms with Gasteiger partial charge in [0.05, 0.1) is 6.54 Å². The molecule has 7 heteroatoms. The molecule has 170 valence electrons. The second-order valence-corrected chi connectivity index (χ2v) is 9.79. The molecule has 1 aliphatic carbocycles. The summed E-state index contributed by atoms with van der Waals surface area (Å²) in [6.45, 7) is 10.7. The lowest BCUT2D eigenvalue weighted by atomic mass is 9.77. The number of carbonyl (C=O) groups excluding carboxylic acids is 3. The number of nitrogens with zero attached hydrogens (tertiary/aromatic N) is 1. The Kier molecular flexibility index (Phi) is 7.04. The Morgan fingerprint density at radius 3 is 2.23 bits per heavy atom. The summed E-state index contributed by atoms with van der Waals surface area (Å²) in [7, 11) is 0. The van der Waals surface area contributed by atoms with E-state index < -0.39 is 17.5 Å². The van der Waals surface area contributed by atoms with E-state index in [1.54, 1.807) is 0 Å². The molecule has 1 spiro atoms. The summed E-state index contributed by atoms with van der Waals surface area (Å²) in [5.74, 6) is 0.523. The Balaban J connectivity index is 1.59. The van der Waals surface area contributed by atoms with Gasteiger partial charge in [0, 0.05) is 6.04 Å². The summed E-state index contributed by atoms with van der Waals surface area (Å²) in [5, 5.41) is 6.97. The molecule has 0 bridgehead atoms. The molecule has 0 aromatic heterocycles. The third kappa shape index (κ3) is 5.09. The van der Waals surface area contributed by atoms with E-state index in [2.05, 4.69) is 74.9 Å². The van der Waals surface area contributed by atoms with Crippen molar-refractivity contribution in [2.24, 2.45) is 11.8 Å². The lowest BCUT2D eigenvalue weighted by molar-refractivity contribution is -0.139. The van der Waals surface area contributed by atoms with Gasteiger partial charge in [0.25, 0.3) is 11.8 Å². The molecular weight excluding hydrogens is 392 g/mol. The van der Waals surface area contributed by atoms with Crippen molar-refractivity contribution in [2.75, 3.05) is 6.54 Å². The number of urea groups is 1. The van der Waals surface area contributed by atoms with Crippen LogP contribution in [-0.4, -0.2) is 34.9 Å². The van der Waals surface area contributed by atoms with Crippen molar-refractivity contribution in [1.29, 1.82) is 0 Å². The van der Waals surface area contributed by atoms with Crippen molar-refractivity contribution in [2.45, 2.75) is 77.8 Å². The average molecular weight is 429 g/mol. The van der Waals surface area contributed by atoms with Crippen LogP contribution in [0, 0.1) is 11.8 Å². The topological polar surface area (TPSA) is 90.5 Å². The Labute approximate surface area is 185 Å². The molecule has 1 saturated heterocycles. The molecule has 2 fully saturated rings. The molecule has 31 heavy (non-hydrogen) atoms. The molecule has 1 heterocycles. The van der Waals surface area contributed by atoms with E-state index in [-0.39, 0.29) is 24.4 Å². The maximum Gasteiger partial charge on any atom is 0.344 e. The summed E-state index contributed by atoms with van der Waals surface area (Å²) < 4.78 is 0. The predicted molar refractivity (Wildman–Crippen MR) is 120 cm³/mol. The number of nitrogens with one attached hydrogen (secondary N) is 3. The predicted octanol–water partition coefficient (Wildman–Crippen LogP) is 3.63. The number of hydrogen-bond acceptors (Lipinski definition) is 4. The van der Waals surface area contributed by atoms with Crippen molar-refractivity contribution >= 4 is 17.8 Å². The largest absolute Gasteiger partial charge is 0.344 e. The fourth-order valence-electron chi connectivity index (χ4n) is 4.51. The van der Waals surface area contributed by atoms with Gasteiger partial charge in [-0.15, -0.1) is 0 Å². The van der Waals surface area contributed by atoms with Gasteiger partial charge in [-0.2, -0.15) is 5.01 Å². The molecule has 1 saturated carbocycles. The van der Waals surface area contributed by atoms with E-state index in [0.717, 1.165) is 23.4 Å². The fourth-order valence-corrected chi connectivity index (χ4v) is 4.51. The van der Waals surface area contributed by atoms with Gasteiger partial charge in [-0.1, -0.05) is 58.9 Å². The third-order valence-electron chi connectivity index (χ3n) is 6.64. The van der Waals surface area contributed by atoms with Crippen LogP contribution in [0.3, 0.4) is 0 Å². The molecule has 7 nitrogen and oxygen atoms in total. The number of amides is 4. The van der Waals surface area contributed by atoms with Crippen LogP contribution in [0.2, 0.25) is 0 Å². The molecule has 1 aromatic carbocycles. The van der Waals surface area contributed by atoms with Crippen LogP contribution >= 0.6 is 0 Å². The van der Waals surface area contributed by atoms with E-state index in [1.165, 1.54) is 5.56 Å². The highest BCUT2D eigenvalue weighted by Crippen LogP contribution is 2.35. The van der Waals surface area contributed by atoms with E-state index >= 15 is 0 Å². The van der Waals surface area contributed by atoms with Gasteiger partial charge >= 0.3 is 6.03 Å². The van der Waals surface area contributed by atoms with Gasteiger partial charge in [0.15, 0.2) is 0 Å². The second-order valence-electron chi connectivity index (χ2n) is 9.79. The first kappa shape index (κ1) is 23.3. The lowest BCUT2D eigenvalue weighted by Crippen LogP contribution is -2.52. The van der Waals surface area contributed by atoms with Crippen LogP contribution in [0.15, 0.2) is 24.3 Å². The lowest BCUT2D eigenvalue weighted by Gasteiger charge is -2.33. The van der Waals surface area contributed by atoms with Crippen LogP contribution in [0.1, 0.15) is 83.4 Å². The van der Waals surface area contributed by atoms with Gasteiger partial charge in [-0.3, -0.25) is 15.0 Å². The monoisotopic (exact) mass is 428 g/mol. The Bertz CT molecular complexity index is 811. The van der Waals surface area contributed by atoms with E-state index in [4.69, 9.17) is 0 Å². The van der Waals surface area contributed by atoms with Gasteiger partial charge in [0.1, 0.15) is 5.54 Å². The molecule has 1 atom stereocenters. The molecular formula is C24H36N4O3. The summed E-state index contributed by atoms with van der Waals surface area (Å²) in [6.07, 6.45) is 3.01. The number of rotatable bonds is 7. The molecule has 0 radical (unpaired) electrons. The van der Waals surface area contributed by atoms with Crippen LogP contribution in [0.5, 0.6) is 0 Å². The van der Waals surface area contributed by atoms with E-state index in [0.29, 0.717) is 24.7 Å². The van der Waals surface area contributed by atoms with Crippen LogP contribution in [0.4, 0.5) is 4.79 Å². The fraction of sp³-hybridized carbons (Fsp3) is 0.625. The maximum absolute atomic E-state index is 12.9. The Morgan fingerprint density at radius 2 is 1.68 bits per heavy atom. The molecule has 1 aromatic rings. The zero-order valence-electron chi connectivity index (χ0n) is 19.3. The second kappa shape index (κ2) is 9.39. The van der Waals surface area contributed by atoms with Gasteiger partial charge in [-0.05, 0) is 54.6 Å². The molecule has 3 N–H and O–H groups in total. The van der Waals surface area contributed by atoms with E-state index in [1.807, 2.05) is 0 Å². The molecule has 2 aliphatic rings. The number of carbonyl (C=O) groups is 3. The minimum Gasteiger partial charge on any atom is -0.322 e. The SMILES string of the molecule is CC1CCC2(CC1)NC(=O)N(NC(=O)CN[C@H](c1ccc(C(C)C)cc1)C(C)C)C2=O. The van der Waals surface area contributed by atoms with Crippen molar-refractivity contribution < 1.29 is 14.4 Å². The Hall–Kier alpha value is -2.41. The average Bonchev–Trinajstić information content (AvgIpc) is 2.94. The van der Waals surface area contributed by atoms with Crippen LogP contribution in [0.25, 0.3) is 0 Å². The minimum absolute atomic E-state index is 0.00979. The van der Waals surface area contributed by atoms with Crippen molar-refractivity contribution in [3.05, 3.63) is 35.4 Å². The highest BCUT2D eigenvalue weighted by Gasteiger charge is 2.52. The first-order chi connectivity index (χ1) is 14.6. The molecule has 4 amide bonds. The summed E-state index contributed by atoms with van der Waals surface area (Å²) >= 11 is 0. The van der Waals surface area contributed by atoms with Crippen molar-refractivity contribution in [3.8, 4) is 0 Å². The molecule has 1 aliphatic heterocycles. The highest BCUT2D eigenvalue weighted by molar-refractivity contribution is 6.08. The smallest absolute Gasteiger partial charge is 0.322 e. The third-order valence-corrected chi connectivity index (χ3v) is 6.64. The van der Waals surface area contributed by atoms with Crippen LogP contribution < -0.4 is 16.1 Å². The number of imide groups is 1. The summed E-state index contributed by atoms with van der Waals surface area (Å²) in [4.78, 5) is 37.9. The van der Waals surface area contributed by atoms with Crippen molar-refractivity contribution in [1.82, 2.24) is 21.1 Å². The van der Waals surface area contributed by atoms with Crippen LogP contribution in [-0.2, 0) is 9.59 Å². The number of benzene rings is 1. The molecule has 0 unspecified atom stereocenters. The van der Waals surface area contributed by atoms with E-state index in [9.17, 15) is 14.4 Å².